The van der Waals surface area contributed by atoms with Gasteiger partial charge in [0.1, 0.15) is 11.4 Å². The number of benzene rings is 1. The normalized spacial score (nSPS) is 24.7. The van der Waals surface area contributed by atoms with Crippen LogP contribution in [0.4, 0.5) is 17.6 Å². The summed E-state index contributed by atoms with van der Waals surface area (Å²) in [5, 5.41) is 0. The Hall–Kier alpha value is -1.20. The molecule has 0 bridgehead atoms. The molecule has 2 rings (SSSR count). The van der Waals surface area contributed by atoms with E-state index in [0.29, 0.717) is 6.07 Å². The first kappa shape index (κ1) is 22.1. The third-order valence-corrected chi connectivity index (χ3v) is 7.92. The molecule has 0 N–H and O–H groups in total. The maximum absolute atomic E-state index is 13.8. The molecule has 1 aliphatic rings. The average Bonchev–Trinajstić information content (AvgIpc) is 2.59. The summed E-state index contributed by atoms with van der Waals surface area (Å²) >= 11 is 0. The fraction of sp³-hybridized carbons (Fsp3) is 0.625. The smallest absolute Gasteiger partial charge is 0.270 e. The third kappa shape index (κ3) is 5.00. The van der Waals surface area contributed by atoms with E-state index in [1.807, 2.05) is 0 Å². The summed E-state index contributed by atoms with van der Waals surface area (Å²) in [7, 11) is -8.00. The quantitative estimate of drug-likeness (QED) is 0.509. The number of sulfone groups is 1. The number of hydrogen-bond acceptors (Lipinski definition) is 5. The maximum Gasteiger partial charge on any atom is 0.416 e. The number of hydrogen-bond donors (Lipinski definition) is 0. The van der Waals surface area contributed by atoms with Crippen LogP contribution < -0.4 is 0 Å². The maximum atomic E-state index is 13.8. The van der Waals surface area contributed by atoms with Crippen LogP contribution in [-0.2, 0) is 30.3 Å². The minimum absolute atomic E-state index is 0.125. The fourth-order valence-corrected chi connectivity index (χ4v) is 5.55. The molecule has 1 fully saturated rings. The molecule has 0 aromatic heterocycles. The summed E-state index contributed by atoms with van der Waals surface area (Å²) in [6, 6.07) is 3.28. The van der Waals surface area contributed by atoms with Crippen molar-refractivity contribution in [1.29, 1.82) is 0 Å². The molecule has 1 aromatic carbocycles. The molecule has 0 unspecified atom stereocenters. The Morgan fingerprint density at radius 2 is 1.74 bits per heavy atom. The number of rotatable bonds is 6. The van der Waals surface area contributed by atoms with Crippen molar-refractivity contribution in [1.82, 2.24) is 0 Å². The van der Waals surface area contributed by atoms with Crippen molar-refractivity contribution in [3.05, 3.63) is 29.8 Å². The summed E-state index contributed by atoms with van der Waals surface area (Å²) in [6.07, 6.45) is -3.69. The molecule has 1 saturated carbocycles. The van der Waals surface area contributed by atoms with Crippen LogP contribution in [-0.4, -0.2) is 41.1 Å². The van der Waals surface area contributed by atoms with Crippen molar-refractivity contribution >= 4 is 20.0 Å². The monoisotopic (exact) mass is 432 g/mol. The van der Waals surface area contributed by atoms with Crippen molar-refractivity contribution in [3.8, 4) is 0 Å². The van der Waals surface area contributed by atoms with Crippen LogP contribution in [0, 0.1) is 5.92 Å². The van der Waals surface area contributed by atoms with Gasteiger partial charge in [0.25, 0.3) is 10.1 Å². The van der Waals surface area contributed by atoms with E-state index in [1.54, 1.807) is 0 Å². The molecule has 0 aliphatic heterocycles. The van der Waals surface area contributed by atoms with Gasteiger partial charge in [-0.15, -0.1) is 0 Å². The largest absolute Gasteiger partial charge is 0.416 e. The highest BCUT2D eigenvalue weighted by Crippen LogP contribution is 2.42. The van der Waals surface area contributed by atoms with Gasteiger partial charge in [0.05, 0.1) is 23.3 Å². The van der Waals surface area contributed by atoms with Crippen LogP contribution in [0.2, 0.25) is 0 Å². The summed E-state index contributed by atoms with van der Waals surface area (Å²) in [6.45, 7) is -1.37. The molecule has 1 aromatic rings. The second-order valence-corrected chi connectivity index (χ2v) is 10.8. The van der Waals surface area contributed by atoms with Crippen molar-refractivity contribution < 1.29 is 38.6 Å². The summed E-state index contributed by atoms with van der Waals surface area (Å²) in [5.41, 5.74) is -1.12. The zero-order chi connectivity index (χ0) is 20.5. The van der Waals surface area contributed by atoms with E-state index in [1.165, 1.54) is 0 Å². The van der Waals surface area contributed by atoms with Gasteiger partial charge < -0.3 is 0 Å². The van der Waals surface area contributed by atoms with Gasteiger partial charge in [-0.05, 0) is 49.8 Å². The zero-order valence-electron chi connectivity index (χ0n) is 14.5. The highest BCUT2D eigenvalue weighted by molar-refractivity contribution is 7.92. The molecule has 0 amide bonds. The first-order chi connectivity index (χ1) is 12.3. The zero-order valence-corrected chi connectivity index (χ0v) is 16.1. The number of halogens is 4. The highest BCUT2D eigenvalue weighted by atomic mass is 32.2. The van der Waals surface area contributed by atoms with Gasteiger partial charge in [0.2, 0.25) is 0 Å². The highest BCUT2D eigenvalue weighted by Gasteiger charge is 2.48. The van der Waals surface area contributed by atoms with Crippen LogP contribution in [0.5, 0.6) is 0 Å². The molecule has 11 heteroatoms. The topological polar surface area (TPSA) is 77.5 Å². The Balaban J connectivity index is 2.24. The standard InChI is InChI=1S/C16H20F4O5S2/c1-26(21,22)25-10-12-5-7-15(11-17,8-6-12)27(23,24)14-4-2-3-13(9-14)16(18,19)20/h2-4,9,12H,5-8,10-11H2,1H3. The van der Waals surface area contributed by atoms with Crippen molar-refractivity contribution in [2.24, 2.45) is 5.92 Å². The van der Waals surface area contributed by atoms with Gasteiger partial charge >= 0.3 is 6.18 Å². The van der Waals surface area contributed by atoms with Crippen LogP contribution >= 0.6 is 0 Å². The SMILES string of the molecule is CS(=O)(=O)OCC1CCC(CF)(S(=O)(=O)c2cccc(C(F)(F)F)c2)CC1. The lowest BCUT2D eigenvalue weighted by molar-refractivity contribution is -0.137. The molecule has 1 aliphatic carbocycles. The number of alkyl halides is 4. The molecule has 0 saturated heterocycles. The Labute approximate surface area is 155 Å². The summed E-state index contributed by atoms with van der Waals surface area (Å²) < 4.78 is 103. The van der Waals surface area contributed by atoms with Crippen molar-refractivity contribution in [3.63, 3.8) is 0 Å². The van der Waals surface area contributed by atoms with Gasteiger partial charge in [-0.25, -0.2) is 12.8 Å². The summed E-state index contributed by atoms with van der Waals surface area (Å²) in [4.78, 5) is -0.569. The minimum atomic E-state index is -4.71. The van der Waals surface area contributed by atoms with Crippen LogP contribution in [0.1, 0.15) is 31.2 Å². The van der Waals surface area contributed by atoms with Crippen LogP contribution in [0.3, 0.4) is 0 Å². The van der Waals surface area contributed by atoms with Crippen LogP contribution in [0.15, 0.2) is 29.2 Å². The predicted octanol–water partition coefficient (Wildman–Crippen LogP) is 3.35. The molecular weight excluding hydrogens is 412 g/mol. The average molecular weight is 432 g/mol. The van der Waals surface area contributed by atoms with Crippen molar-refractivity contribution in [2.75, 3.05) is 19.5 Å². The van der Waals surface area contributed by atoms with E-state index in [-0.39, 0.29) is 38.2 Å². The molecule has 0 radical (unpaired) electrons. The lowest BCUT2D eigenvalue weighted by Gasteiger charge is -2.37. The van der Waals surface area contributed by atoms with Crippen molar-refractivity contribution in [2.45, 2.75) is 41.5 Å². The van der Waals surface area contributed by atoms with Crippen LogP contribution in [0.25, 0.3) is 0 Å². The van der Waals surface area contributed by atoms with Gasteiger partial charge in [-0.1, -0.05) is 6.07 Å². The first-order valence-electron chi connectivity index (χ1n) is 8.13. The minimum Gasteiger partial charge on any atom is -0.270 e. The lowest BCUT2D eigenvalue weighted by Crippen LogP contribution is -2.45. The van der Waals surface area contributed by atoms with Gasteiger partial charge in [0, 0.05) is 0 Å². The van der Waals surface area contributed by atoms with E-state index in [9.17, 15) is 34.4 Å². The van der Waals surface area contributed by atoms with Gasteiger partial charge in [-0.2, -0.15) is 21.6 Å². The summed E-state index contributed by atoms with van der Waals surface area (Å²) in [5.74, 6) is -0.267. The fourth-order valence-electron chi connectivity index (χ4n) is 3.15. The predicted molar refractivity (Wildman–Crippen MR) is 90.1 cm³/mol. The van der Waals surface area contributed by atoms with Gasteiger partial charge in [0.15, 0.2) is 9.84 Å². The molecule has 0 atom stereocenters. The lowest BCUT2D eigenvalue weighted by atomic mass is 9.82. The van der Waals surface area contributed by atoms with E-state index in [4.69, 9.17) is 4.18 Å². The third-order valence-electron chi connectivity index (χ3n) is 4.82. The molecule has 5 nitrogen and oxygen atoms in total. The molecular formula is C16H20F4O5S2. The molecule has 0 spiro atoms. The van der Waals surface area contributed by atoms with E-state index < -0.39 is 48.0 Å². The molecule has 0 heterocycles. The van der Waals surface area contributed by atoms with E-state index in [0.717, 1.165) is 24.5 Å². The Morgan fingerprint density at radius 1 is 1.15 bits per heavy atom. The Morgan fingerprint density at radius 3 is 2.22 bits per heavy atom. The second kappa shape index (κ2) is 7.67. The first-order valence-corrected chi connectivity index (χ1v) is 11.4. The van der Waals surface area contributed by atoms with E-state index in [2.05, 4.69) is 0 Å². The molecule has 154 valence electrons. The second-order valence-electron chi connectivity index (χ2n) is 6.78. The molecule has 27 heavy (non-hydrogen) atoms. The Bertz CT molecular complexity index is 870. The Kier molecular flexibility index (Phi) is 6.27. The van der Waals surface area contributed by atoms with Gasteiger partial charge in [-0.3, -0.25) is 4.18 Å². The van der Waals surface area contributed by atoms with E-state index >= 15 is 0 Å².